The highest BCUT2D eigenvalue weighted by atomic mass is 16.5. The number of hydrogen-bond donors (Lipinski definition) is 0. The summed E-state index contributed by atoms with van der Waals surface area (Å²) in [6.07, 6.45) is 3.57. The fourth-order valence-electron chi connectivity index (χ4n) is 2.26. The van der Waals surface area contributed by atoms with E-state index >= 15 is 0 Å². The average molecular weight is 232 g/mol. The monoisotopic (exact) mass is 232 g/mol. The van der Waals surface area contributed by atoms with E-state index < -0.39 is 0 Å². The van der Waals surface area contributed by atoms with Crippen LogP contribution in [0.5, 0.6) is 5.75 Å². The van der Waals surface area contributed by atoms with E-state index in [2.05, 4.69) is 20.8 Å². The summed E-state index contributed by atoms with van der Waals surface area (Å²) in [5, 5.41) is 0. The summed E-state index contributed by atoms with van der Waals surface area (Å²) in [5.41, 5.74) is 1.86. The Balaban J connectivity index is 2.16. The van der Waals surface area contributed by atoms with Crippen LogP contribution in [0.3, 0.4) is 0 Å². The second-order valence-electron chi connectivity index (χ2n) is 5.39. The largest absolute Gasteiger partial charge is 0.487 e. The lowest BCUT2D eigenvalue weighted by Gasteiger charge is -2.16. The van der Waals surface area contributed by atoms with Gasteiger partial charge in [-0.15, -0.1) is 0 Å². The first-order chi connectivity index (χ1) is 8.02. The molecule has 0 aromatic heterocycles. The van der Waals surface area contributed by atoms with Gasteiger partial charge in [0.15, 0.2) is 5.78 Å². The maximum atomic E-state index is 11.9. The molecule has 2 nitrogen and oxygen atoms in total. The van der Waals surface area contributed by atoms with Gasteiger partial charge in [-0.2, -0.15) is 0 Å². The topological polar surface area (TPSA) is 26.3 Å². The lowest BCUT2D eigenvalue weighted by Crippen LogP contribution is -2.24. The number of ether oxygens (including phenoxy) is 1. The second kappa shape index (κ2) is 4.52. The van der Waals surface area contributed by atoms with Gasteiger partial charge in [-0.3, -0.25) is 4.79 Å². The zero-order valence-electron chi connectivity index (χ0n) is 10.9. The molecular weight excluding hydrogens is 212 g/mol. The summed E-state index contributed by atoms with van der Waals surface area (Å²) in [6.45, 7) is 6.25. The Morgan fingerprint density at radius 3 is 2.88 bits per heavy atom. The molecule has 0 atom stereocenters. The Morgan fingerprint density at radius 2 is 2.18 bits per heavy atom. The maximum Gasteiger partial charge on any atom is 0.162 e. The van der Waals surface area contributed by atoms with Gasteiger partial charge in [-0.05, 0) is 44.0 Å². The Morgan fingerprint density at radius 1 is 1.41 bits per heavy atom. The van der Waals surface area contributed by atoms with Gasteiger partial charge in [0.2, 0.25) is 0 Å². The highest BCUT2D eigenvalue weighted by Gasteiger charge is 2.30. The second-order valence-corrected chi connectivity index (χ2v) is 5.39. The maximum absolute atomic E-state index is 11.9. The van der Waals surface area contributed by atoms with E-state index in [9.17, 15) is 4.79 Å². The van der Waals surface area contributed by atoms with Crippen molar-refractivity contribution in [1.82, 2.24) is 0 Å². The molecule has 0 N–H and O–H groups in total. The number of fused-ring (bicyclic) bond motifs is 1. The lowest BCUT2D eigenvalue weighted by molar-refractivity contribution is 0.0979. The van der Waals surface area contributed by atoms with Crippen LogP contribution in [0.15, 0.2) is 18.2 Å². The first kappa shape index (κ1) is 12.2. The molecule has 1 heterocycles. The SMILES string of the molecule is CCCCC(=O)c1ccc2c(c1)CC(C)(C)O2. The van der Waals surface area contributed by atoms with E-state index in [1.807, 2.05) is 18.2 Å². The highest BCUT2D eigenvalue weighted by molar-refractivity contribution is 5.96. The summed E-state index contributed by atoms with van der Waals surface area (Å²) < 4.78 is 5.80. The molecule has 0 spiro atoms. The molecular formula is C15H20O2. The van der Waals surface area contributed by atoms with Gasteiger partial charge >= 0.3 is 0 Å². The van der Waals surface area contributed by atoms with Crippen molar-refractivity contribution < 1.29 is 9.53 Å². The normalized spacial score (nSPS) is 16.4. The highest BCUT2D eigenvalue weighted by Crippen LogP contribution is 2.35. The average Bonchev–Trinajstić information content (AvgIpc) is 2.58. The third-order valence-electron chi connectivity index (χ3n) is 3.14. The van der Waals surface area contributed by atoms with Gasteiger partial charge in [0.1, 0.15) is 11.4 Å². The third kappa shape index (κ3) is 2.68. The predicted molar refractivity (Wildman–Crippen MR) is 68.7 cm³/mol. The van der Waals surface area contributed by atoms with E-state index in [4.69, 9.17) is 4.74 Å². The summed E-state index contributed by atoms with van der Waals surface area (Å²) in [4.78, 5) is 11.9. The van der Waals surface area contributed by atoms with Crippen LogP contribution in [-0.4, -0.2) is 11.4 Å². The van der Waals surface area contributed by atoms with Crippen molar-refractivity contribution >= 4 is 5.78 Å². The number of Topliss-reactive ketones (excluding diaryl/α,β-unsaturated/α-hetero) is 1. The van der Waals surface area contributed by atoms with E-state index in [-0.39, 0.29) is 11.4 Å². The molecule has 0 fully saturated rings. The predicted octanol–water partition coefficient (Wildman–Crippen LogP) is 3.77. The van der Waals surface area contributed by atoms with E-state index in [0.29, 0.717) is 6.42 Å². The Kier molecular flexibility index (Phi) is 3.23. The summed E-state index contributed by atoms with van der Waals surface area (Å²) >= 11 is 0. The first-order valence-corrected chi connectivity index (χ1v) is 6.37. The molecule has 1 aliphatic rings. The molecule has 92 valence electrons. The van der Waals surface area contributed by atoms with Crippen LogP contribution in [-0.2, 0) is 6.42 Å². The Hall–Kier alpha value is -1.31. The number of rotatable bonds is 4. The molecule has 0 aliphatic carbocycles. The molecule has 0 unspecified atom stereocenters. The van der Waals surface area contributed by atoms with E-state index in [0.717, 1.165) is 36.1 Å². The summed E-state index contributed by atoms with van der Waals surface area (Å²) in [5.74, 6) is 1.18. The van der Waals surface area contributed by atoms with Crippen LogP contribution in [0, 0.1) is 0 Å². The summed E-state index contributed by atoms with van der Waals surface area (Å²) in [7, 11) is 0. The standard InChI is InChI=1S/C15H20O2/c1-4-5-6-13(16)11-7-8-14-12(9-11)10-15(2,3)17-14/h7-9H,4-6,10H2,1-3H3. The number of carbonyl (C=O) groups excluding carboxylic acids is 1. The third-order valence-corrected chi connectivity index (χ3v) is 3.14. The molecule has 0 amide bonds. The van der Waals surface area contributed by atoms with Crippen molar-refractivity contribution in [2.45, 2.75) is 52.1 Å². The van der Waals surface area contributed by atoms with Crippen LogP contribution in [0.2, 0.25) is 0 Å². The van der Waals surface area contributed by atoms with Crippen molar-refractivity contribution in [1.29, 1.82) is 0 Å². The van der Waals surface area contributed by atoms with Gasteiger partial charge in [-0.1, -0.05) is 13.3 Å². The molecule has 2 rings (SSSR count). The molecule has 1 aromatic carbocycles. The van der Waals surface area contributed by atoms with Crippen molar-refractivity contribution in [2.75, 3.05) is 0 Å². The Bertz CT molecular complexity index is 433. The van der Waals surface area contributed by atoms with E-state index in [1.165, 1.54) is 0 Å². The quantitative estimate of drug-likeness (QED) is 0.738. The van der Waals surface area contributed by atoms with Gasteiger partial charge in [0.05, 0.1) is 0 Å². The minimum Gasteiger partial charge on any atom is -0.487 e. The molecule has 2 heteroatoms. The van der Waals surface area contributed by atoms with Crippen molar-refractivity contribution in [2.24, 2.45) is 0 Å². The fourth-order valence-corrected chi connectivity index (χ4v) is 2.26. The van der Waals surface area contributed by atoms with Crippen molar-refractivity contribution in [3.63, 3.8) is 0 Å². The Labute approximate surface area is 103 Å². The molecule has 1 aromatic rings. The number of carbonyl (C=O) groups is 1. The van der Waals surface area contributed by atoms with Gasteiger partial charge < -0.3 is 4.74 Å². The molecule has 0 radical (unpaired) electrons. The molecule has 17 heavy (non-hydrogen) atoms. The number of ketones is 1. The van der Waals surface area contributed by atoms with Gasteiger partial charge in [0.25, 0.3) is 0 Å². The molecule has 0 bridgehead atoms. The van der Waals surface area contributed by atoms with Crippen LogP contribution in [0.4, 0.5) is 0 Å². The van der Waals surface area contributed by atoms with Crippen LogP contribution in [0.1, 0.15) is 56.0 Å². The van der Waals surface area contributed by atoms with Gasteiger partial charge in [-0.25, -0.2) is 0 Å². The lowest BCUT2D eigenvalue weighted by atomic mass is 9.98. The van der Waals surface area contributed by atoms with Crippen LogP contribution < -0.4 is 4.74 Å². The molecule has 1 aliphatic heterocycles. The van der Waals surface area contributed by atoms with Crippen molar-refractivity contribution in [3.8, 4) is 5.75 Å². The van der Waals surface area contributed by atoms with E-state index in [1.54, 1.807) is 0 Å². The first-order valence-electron chi connectivity index (χ1n) is 6.37. The van der Waals surface area contributed by atoms with Gasteiger partial charge in [0, 0.05) is 18.4 Å². The van der Waals surface area contributed by atoms with Crippen LogP contribution >= 0.6 is 0 Å². The number of benzene rings is 1. The number of hydrogen-bond acceptors (Lipinski definition) is 2. The fraction of sp³-hybridized carbons (Fsp3) is 0.533. The number of unbranched alkanes of at least 4 members (excludes halogenated alkanes) is 1. The smallest absolute Gasteiger partial charge is 0.162 e. The minimum atomic E-state index is -0.132. The zero-order valence-corrected chi connectivity index (χ0v) is 10.9. The molecule has 0 saturated heterocycles. The summed E-state index contributed by atoms with van der Waals surface area (Å²) in [6, 6.07) is 5.82. The van der Waals surface area contributed by atoms with Crippen molar-refractivity contribution in [3.05, 3.63) is 29.3 Å². The van der Waals surface area contributed by atoms with Crippen LogP contribution in [0.25, 0.3) is 0 Å². The molecule has 0 saturated carbocycles. The zero-order chi connectivity index (χ0) is 12.5. The minimum absolute atomic E-state index is 0.132.